The number of hydrazine groups is 1. The topological polar surface area (TPSA) is 162 Å². The number of amides is 5. The van der Waals surface area contributed by atoms with E-state index in [1.807, 2.05) is 39.0 Å². The molecule has 4 aromatic rings. The molecule has 2 N–H and O–H groups in total. The van der Waals surface area contributed by atoms with Crippen LogP contribution in [0, 0.1) is 11.3 Å². The third-order valence-electron chi connectivity index (χ3n) is 14.7. The van der Waals surface area contributed by atoms with Crippen LogP contribution in [-0.2, 0) is 48.0 Å². The number of methoxy groups -OCH3 is 1. The van der Waals surface area contributed by atoms with Crippen LogP contribution < -0.4 is 10.7 Å². The highest BCUT2D eigenvalue weighted by atomic mass is 28.1. The number of ether oxygens (including phenoxy) is 2. The molecule has 5 atom stereocenters. The zero-order chi connectivity index (χ0) is 52.2. The molecule has 5 heterocycles. The zero-order valence-electron chi connectivity index (χ0n) is 43.9. The van der Waals surface area contributed by atoms with Crippen LogP contribution in [0.15, 0.2) is 73.4 Å². The van der Waals surface area contributed by atoms with Gasteiger partial charge >= 0.3 is 12.0 Å². The maximum Gasteiger partial charge on any atom is 0.323 e. The normalized spacial score (nSPS) is 21.7. The summed E-state index contributed by atoms with van der Waals surface area (Å²) in [6.45, 7) is 21.5. The lowest BCUT2D eigenvalue weighted by Gasteiger charge is -2.43. The Kier molecular flexibility index (Phi) is 16.8. The zero-order valence-corrected chi connectivity index (χ0v) is 44.9. The molecular weight excluding hydrogens is 927 g/mol. The Hall–Kier alpha value is -5.88. The van der Waals surface area contributed by atoms with Gasteiger partial charge in [-0.05, 0) is 98.5 Å². The molecule has 7 rings (SSSR count). The van der Waals surface area contributed by atoms with Crippen LogP contribution in [0.1, 0.15) is 84.2 Å². The minimum absolute atomic E-state index is 0.0151. The lowest BCUT2D eigenvalue weighted by molar-refractivity contribution is -0.158. The number of hydrogen-bond donors (Lipinski definition) is 2. The fourth-order valence-electron chi connectivity index (χ4n) is 10.6. The van der Waals surface area contributed by atoms with Gasteiger partial charge in [-0.15, -0.1) is 0 Å². The number of piperazine rings is 1. The second kappa shape index (κ2) is 22.5. The molecular formula is C55H74N9O7Si. The molecule has 3 aliphatic rings. The van der Waals surface area contributed by atoms with Gasteiger partial charge in [0.25, 0.3) is 5.91 Å². The van der Waals surface area contributed by atoms with Crippen molar-refractivity contribution in [2.75, 3.05) is 67.1 Å². The fraction of sp³-hybridized carbons (Fsp3) is 0.527. The molecule has 72 heavy (non-hydrogen) atoms. The van der Waals surface area contributed by atoms with Crippen molar-refractivity contribution in [2.45, 2.75) is 110 Å². The molecule has 6 bridgehead atoms. The summed E-state index contributed by atoms with van der Waals surface area (Å²) in [5, 5.41) is 4.16. The second-order valence-corrected chi connectivity index (χ2v) is 21.8. The minimum atomic E-state index is -1.42. The highest BCUT2D eigenvalue weighted by molar-refractivity contribution is 6.27. The number of carbonyl (C=O) groups excluding carboxylic acids is 5. The number of aromatic nitrogens is 2. The number of aryl methyl sites for hydroxylation is 1. The summed E-state index contributed by atoms with van der Waals surface area (Å²) in [5.41, 5.74) is 10.4. The summed E-state index contributed by atoms with van der Waals surface area (Å²) >= 11 is 0. The average molecular weight is 1000 g/mol. The molecule has 16 nitrogen and oxygen atoms in total. The van der Waals surface area contributed by atoms with Crippen molar-refractivity contribution < 1.29 is 33.4 Å². The van der Waals surface area contributed by atoms with Gasteiger partial charge in [0, 0.05) is 108 Å². The van der Waals surface area contributed by atoms with Crippen LogP contribution in [0.25, 0.3) is 33.3 Å². The van der Waals surface area contributed by atoms with E-state index in [0.29, 0.717) is 58.5 Å². The Morgan fingerprint density at radius 2 is 1.81 bits per heavy atom. The van der Waals surface area contributed by atoms with Crippen LogP contribution in [0.4, 0.5) is 4.79 Å². The number of urea groups is 1. The van der Waals surface area contributed by atoms with Gasteiger partial charge in [0.05, 0.1) is 34.3 Å². The highest BCUT2D eigenvalue weighted by Crippen LogP contribution is 2.42. The smallest absolute Gasteiger partial charge is 0.323 e. The van der Waals surface area contributed by atoms with E-state index in [1.54, 1.807) is 37.2 Å². The molecule has 3 aliphatic heterocycles. The number of fused-ring (bicyclic) bond motifs is 6. The lowest BCUT2D eigenvalue weighted by atomic mass is 9.84. The van der Waals surface area contributed by atoms with Crippen LogP contribution in [-0.4, -0.2) is 164 Å². The molecule has 2 fully saturated rings. The van der Waals surface area contributed by atoms with Crippen LogP contribution in [0.5, 0.6) is 0 Å². The molecule has 5 amide bonds. The van der Waals surface area contributed by atoms with Gasteiger partial charge in [-0.3, -0.25) is 34.1 Å². The molecule has 0 aliphatic carbocycles. The lowest BCUT2D eigenvalue weighted by Crippen LogP contribution is -2.68. The number of esters is 1. The second-order valence-electron chi connectivity index (χ2n) is 21.0. The average Bonchev–Trinajstić information content (AvgIpc) is 3.67. The van der Waals surface area contributed by atoms with E-state index in [1.165, 1.54) is 16.0 Å². The van der Waals surface area contributed by atoms with Crippen molar-refractivity contribution >= 4 is 50.9 Å². The van der Waals surface area contributed by atoms with E-state index in [-0.39, 0.29) is 49.6 Å². The number of cyclic esters (lactones) is 1. The predicted molar refractivity (Wildman–Crippen MR) is 281 cm³/mol. The molecule has 385 valence electrons. The Morgan fingerprint density at radius 1 is 1.06 bits per heavy atom. The Labute approximate surface area is 428 Å². The largest absolute Gasteiger partial charge is 0.464 e. The molecule has 3 radical (unpaired) electrons. The highest BCUT2D eigenvalue weighted by Gasteiger charge is 2.44. The van der Waals surface area contributed by atoms with Crippen LogP contribution in [0.2, 0.25) is 0 Å². The third-order valence-corrected chi connectivity index (χ3v) is 15.2. The number of rotatable bonds is 12. The molecule has 17 heteroatoms. The molecule has 2 saturated heterocycles. The maximum absolute atomic E-state index is 14.9. The summed E-state index contributed by atoms with van der Waals surface area (Å²) in [6, 6.07) is 16.3. The van der Waals surface area contributed by atoms with Crippen molar-refractivity contribution in [1.82, 2.24) is 44.9 Å². The van der Waals surface area contributed by atoms with Crippen molar-refractivity contribution in [3.05, 3.63) is 90.3 Å². The summed E-state index contributed by atoms with van der Waals surface area (Å²) in [5.74, 6) is -1.90. The number of likely N-dealkylation sites (N-methyl/N-ethyl adjacent to an activating group) is 2. The third kappa shape index (κ3) is 11.5. The van der Waals surface area contributed by atoms with Gasteiger partial charge in [0.1, 0.15) is 17.2 Å². The van der Waals surface area contributed by atoms with Crippen molar-refractivity contribution in [2.24, 2.45) is 11.3 Å². The van der Waals surface area contributed by atoms with Crippen molar-refractivity contribution in [1.29, 1.82) is 0 Å². The van der Waals surface area contributed by atoms with E-state index in [4.69, 9.17) is 14.5 Å². The minimum Gasteiger partial charge on any atom is -0.464 e. The first-order valence-corrected chi connectivity index (χ1v) is 25.9. The van der Waals surface area contributed by atoms with Crippen molar-refractivity contribution in [3.63, 3.8) is 0 Å². The summed E-state index contributed by atoms with van der Waals surface area (Å²) in [7, 11) is 8.82. The first kappa shape index (κ1) is 53.9. The van der Waals surface area contributed by atoms with Gasteiger partial charge < -0.3 is 34.1 Å². The first-order valence-electron chi connectivity index (χ1n) is 25.4. The summed E-state index contributed by atoms with van der Waals surface area (Å²) in [4.78, 5) is 82.2. The molecule has 2 aromatic heterocycles. The quantitative estimate of drug-likeness (QED) is 0.0984. The number of carbonyl (C=O) groups is 5. The van der Waals surface area contributed by atoms with Gasteiger partial charge in [-0.25, -0.2) is 10.2 Å². The number of nitrogens with one attached hydrogen (secondary N) is 2. The van der Waals surface area contributed by atoms with Gasteiger partial charge in [-0.1, -0.05) is 64.6 Å². The van der Waals surface area contributed by atoms with Crippen molar-refractivity contribution in [3.8, 4) is 22.4 Å². The fourth-order valence-corrected chi connectivity index (χ4v) is 11.0. The van der Waals surface area contributed by atoms with E-state index >= 15 is 0 Å². The van der Waals surface area contributed by atoms with Crippen LogP contribution >= 0.6 is 0 Å². The Morgan fingerprint density at radius 3 is 2.50 bits per heavy atom. The molecule has 0 unspecified atom stereocenters. The Bertz CT molecular complexity index is 2670. The first-order chi connectivity index (χ1) is 34.2. The standard InChI is InChI=1S/C55H74N9O7Si/c1-12-46(65)59(9)25-26-61-27-28-62(33-36(61)5)53(69)60(10)48(35(3)4)50(66)57-44-30-38-17-14-18-39(29-38)40-20-21-45-42(31-40)43(49(63(45)13-2)41-19-15-23-56-47(41)37(6)70-11)32-54(7,8)34-71-52(68)55(72)22-16-24-64(58-55)51(44)67/h12,14-15,17-21,23,29,31,35-37,44,48,58H,1,13,16,22,24-28,30,32-34H2,2-11H3,(H,57,66)/t36-,37-,44-,48-,55-/m0/s1. The number of pyridine rings is 1. The number of hydrogen-bond acceptors (Lipinski definition) is 10. The van der Waals surface area contributed by atoms with E-state index in [9.17, 15) is 24.0 Å². The summed E-state index contributed by atoms with van der Waals surface area (Å²) in [6.07, 6.45) is 4.36. The van der Waals surface area contributed by atoms with Gasteiger partial charge in [0.2, 0.25) is 11.8 Å². The maximum atomic E-state index is 14.9. The van der Waals surface area contributed by atoms with Crippen LogP contribution in [0.3, 0.4) is 0 Å². The Balaban J connectivity index is 1.23. The SMILES string of the molecule is C=CC(=O)N(C)CCN1CCN(C(=O)N(C)[C@H](C(=O)N[C@H]2Cc3cccc(c3)-c3ccc4c(c3)c(c(-c3cccnc3[C@H](C)OC)n4CC)CC(C)(C)COC(=O)[C@@]3([Si])CCCN(N3)C2=O)C(C)C)C[C@@H]1C. The molecule has 0 saturated carbocycles. The number of benzene rings is 2. The van der Waals surface area contributed by atoms with Gasteiger partial charge in [-0.2, -0.15) is 0 Å². The number of nitrogens with zero attached hydrogens (tertiary/aromatic N) is 7. The van der Waals surface area contributed by atoms with E-state index < -0.39 is 40.4 Å². The van der Waals surface area contributed by atoms with E-state index in [2.05, 4.69) is 101 Å². The molecule has 0 spiro atoms. The summed E-state index contributed by atoms with van der Waals surface area (Å²) < 4.78 is 14.4. The van der Waals surface area contributed by atoms with Gasteiger partial charge in [0.15, 0.2) is 0 Å². The predicted octanol–water partition coefficient (Wildman–Crippen LogP) is 5.97. The monoisotopic (exact) mass is 1000 g/mol. The molecule has 2 aromatic carbocycles. The van der Waals surface area contributed by atoms with E-state index in [0.717, 1.165) is 50.1 Å².